The van der Waals surface area contributed by atoms with Gasteiger partial charge in [0.25, 0.3) is 5.56 Å². The van der Waals surface area contributed by atoms with Crippen molar-refractivity contribution in [2.75, 3.05) is 6.26 Å². The maximum atomic E-state index is 14.2. The molecule has 0 saturated carbocycles. The molecule has 2 heterocycles. The number of hydrogen-bond donors (Lipinski definition) is 1. The van der Waals surface area contributed by atoms with Crippen molar-refractivity contribution in [3.8, 4) is 33.9 Å². The number of rotatable bonds is 7. The van der Waals surface area contributed by atoms with Gasteiger partial charge >= 0.3 is 0 Å². The SMILES string of the molecule is CS(=O)NCc1nc2c(=O)n(-c3ccc(Cl)cc3)c(-c3ccc(-c4ccccc4)cc3)nc2n1-c1ccccc1. The van der Waals surface area contributed by atoms with Gasteiger partial charge in [-0.3, -0.25) is 13.9 Å². The Balaban J connectivity index is 1.62. The van der Waals surface area contributed by atoms with E-state index in [1.165, 1.54) is 0 Å². The van der Waals surface area contributed by atoms with E-state index in [0.717, 1.165) is 22.4 Å². The van der Waals surface area contributed by atoms with Gasteiger partial charge in [0.15, 0.2) is 11.2 Å². The summed E-state index contributed by atoms with van der Waals surface area (Å²) >= 11 is 6.17. The van der Waals surface area contributed by atoms with Crippen LogP contribution in [0.3, 0.4) is 0 Å². The van der Waals surface area contributed by atoms with Gasteiger partial charge in [0.05, 0.1) is 23.2 Å². The van der Waals surface area contributed by atoms with Gasteiger partial charge in [0.1, 0.15) is 11.6 Å². The molecule has 0 fully saturated rings. The highest BCUT2D eigenvalue weighted by atomic mass is 35.5. The predicted octanol–water partition coefficient (Wildman–Crippen LogP) is 5.94. The van der Waals surface area contributed by atoms with Crippen molar-refractivity contribution >= 4 is 33.8 Å². The van der Waals surface area contributed by atoms with Crippen LogP contribution in [-0.2, 0) is 17.5 Å². The van der Waals surface area contributed by atoms with Crippen LogP contribution in [0.25, 0.3) is 45.1 Å². The molecule has 9 heteroatoms. The highest BCUT2D eigenvalue weighted by Gasteiger charge is 2.22. The van der Waals surface area contributed by atoms with E-state index in [4.69, 9.17) is 21.6 Å². The van der Waals surface area contributed by atoms with Crippen LogP contribution in [0.5, 0.6) is 0 Å². The molecule has 0 saturated heterocycles. The minimum atomic E-state index is -1.27. The monoisotopic (exact) mass is 565 g/mol. The first kappa shape index (κ1) is 25.9. The molecule has 40 heavy (non-hydrogen) atoms. The lowest BCUT2D eigenvalue weighted by molar-refractivity contribution is 0.672. The zero-order valence-corrected chi connectivity index (χ0v) is 23.1. The zero-order valence-electron chi connectivity index (χ0n) is 21.5. The van der Waals surface area contributed by atoms with Gasteiger partial charge in [-0.2, -0.15) is 0 Å². The second kappa shape index (κ2) is 11.0. The topological polar surface area (TPSA) is 81.8 Å². The number of hydrogen-bond acceptors (Lipinski definition) is 4. The zero-order chi connectivity index (χ0) is 27.6. The molecule has 6 rings (SSSR count). The molecule has 1 N–H and O–H groups in total. The minimum absolute atomic E-state index is 0.190. The van der Waals surface area contributed by atoms with Crippen LogP contribution < -0.4 is 10.3 Å². The first-order chi connectivity index (χ1) is 19.5. The summed E-state index contributed by atoms with van der Waals surface area (Å²) in [6, 6.07) is 34.7. The molecule has 7 nitrogen and oxygen atoms in total. The molecule has 0 spiro atoms. The first-order valence-electron chi connectivity index (χ1n) is 12.6. The van der Waals surface area contributed by atoms with Crippen LogP contribution in [0, 0.1) is 0 Å². The molecule has 0 aliphatic heterocycles. The Bertz CT molecular complexity index is 1890. The summed E-state index contributed by atoms with van der Waals surface area (Å²) in [5.41, 5.74) is 4.65. The maximum Gasteiger partial charge on any atom is 0.286 e. The fourth-order valence-corrected chi connectivity index (χ4v) is 5.11. The van der Waals surface area contributed by atoms with Crippen LogP contribution in [0.15, 0.2) is 114 Å². The average molecular weight is 566 g/mol. The van der Waals surface area contributed by atoms with Crippen LogP contribution in [0.4, 0.5) is 0 Å². The number of nitrogens with zero attached hydrogens (tertiary/aromatic N) is 4. The van der Waals surface area contributed by atoms with Crippen molar-refractivity contribution in [3.05, 3.63) is 130 Å². The summed E-state index contributed by atoms with van der Waals surface area (Å²) in [6.45, 7) is 0.190. The number of imidazole rings is 1. The van der Waals surface area contributed by atoms with Crippen molar-refractivity contribution in [3.63, 3.8) is 0 Å². The van der Waals surface area contributed by atoms with Gasteiger partial charge in [0, 0.05) is 22.5 Å². The summed E-state index contributed by atoms with van der Waals surface area (Å²) in [7, 11) is -1.27. The highest BCUT2D eigenvalue weighted by molar-refractivity contribution is 7.82. The summed E-state index contributed by atoms with van der Waals surface area (Å²) in [4.78, 5) is 23.9. The van der Waals surface area contributed by atoms with Crippen molar-refractivity contribution in [1.82, 2.24) is 23.8 Å². The van der Waals surface area contributed by atoms with E-state index >= 15 is 0 Å². The number of para-hydroxylation sites is 1. The van der Waals surface area contributed by atoms with E-state index in [1.54, 1.807) is 35.1 Å². The Morgan fingerprint density at radius 3 is 1.95 bits per heavy atom. The molecule has 0 aliphatic rings. The molecule has 4 aromatic carbocycles. The molecule has 0 radical (unpaired) electrons. The average Bonchev–Trinajstić information content (AvgIpc) is 3.36. The first-order valence-corrected chi connectivity index (χ1v) is 14.5. The van der Waals surface area contributed by atoms with E-state index in [9.17, 15) is 9.00 Å². The summed E-state index contributed by atoms with van der Waals surface area (Å²) in [5.74, 6) is 0.996. The van der Waals surface area contributed by atoms with Crippen molar-refractivity contribution in [1.29, 1.82) is 0 Å². The fourth-order valence-electron chi connectivity index (χ4n) is 4.65. The largest absolute Gasteiger partial charge is 0.286 e. The molecule has 0 bridgehead atoms. The van der Waals surface area contributed by atoms with Gasteiger partial charge < -0.3 is 0 Å². The molecule has 1 atom stereocenters. The van der Waals surface area contributed by atoms with Crippen LogP contribution >= 0.6 is 11.6 Å². The standard InChI is InChI=1S/C31H24ClN5O2S/c1-40(39)33-20-27-34-28-30(36(27)25-10-6-3-7-11-25)35-29(37(31(28)38)26-18-16-24(32)17-19-26)23-14-12-22(13-15-23)21-8-4-2-5-9-21/h2-19,33H,20H2,1H3. The Kier molecular flexibility index (Phi) is 7.13. The second-order valence-electron chi connectivity index (χ2n) is 9.14. The smallest absolute Gasteiger partial charge is 0.279 e. The van der Waals surface area contributed by atoms with Crippen LogP contribution in [0.2, 0.25) is 5.02 Å². The molecular weight excluding hydrogens is 542 g/mol. The molecule has 2 aromatic heterocycles. The molecule has 6 aromatic rings. The Hall–Kier alpha value is -4.37. The lowest BCUT2D eigenvalue weighted by Crippen LogP contribution is -2.22. The van der Waals surface area contributed by atoms with Crippen LogP contribution in [-0.4, -0.2) is 29.6 Å². The van der Waals surface area contributed by atoms with Gasteiger partial charge in [0.2, 0.25) is 0 Å². The summed E-state index contributed by atoms with van der Waals surface area (Å²) < 4.78 is 18.2. The lowest BCUT2D eigenvalue weighted by Gasteiger charge is -2.14. The fraction of sp³-hybridized carbons (Fsp3) is 0.0645. The molecular formula is C31H24ClN5O2S. The number of benzene rings is 4. The van der Waals surface area contributed by atoms with Gasteiger partial charge in [-0.25, -0.2) is 18.9 Å². The van der Waals surface area contributed by atoms with Crippen LogP contribution in [0.1, 0.15) is 5.82 Å². The molecule has 198 valence electrons. The lowest BCUT2D eigenvalue weighted by atomic mass is 10.0. The van der Waals surface area contributed by atoms with E-state index in [2.05, 4.69) is 16.9 Å². The second-order valence-corrected chi connectivity index (χ2v) is 10.8. The van der Waals surface area contributed by atoms with Gasteiger partial charge in [-0.1, -0.05) is 84.4 Å². The van der Waals surface area contributed by atoms with Crippen molar-refractivity contribution in [2.24, 2.45) is 0 Å². The Morgan fingerprint density at radius 1 is 0.725 bits per heavy atom. The maximum absolute atomic E-state index is 14.2. The van der Waals surface area contributed by atoms with Crippen molar-refractivity contribution in [2.45, 2.75) is 6.54 Å². The van der Waals surface area contributed by atoms with Crippen molar-refractivity contribution < 1.29 is 4.21 Å². The quantitative estimate of drug-likeness (QED) is 0.260. The third kappa shape index (κ3) is 5.00. The molecule has 0 aliphatic carbocycles. The number of fused-ring (bicyclic) bond motifs is 1. The molecule has 0 amide bonds. The number of aromatic nitrogens is 4. The predicted molar refractivity (Wildman–Crippen MR) is 161 cm³/mol. The van der Waals surface area contributed by atoms with E-state index in [1.807, 2.05) is 77.4 Å². The Labute approximate surface area is 238 Å². The Morgan fingerprint density at radius 2 is 1.30 bits per heavy atom. The third-order valence-corrected chi connectivity index (χ3v) is 7.34. The number of nitrogens with one attached hydrogen (secondary N) is 1. The van der Waals surface area contributed by atoms with Gasteiger partial charge in [-0.15, -0.1) is 0 Å². The number of halogens is 1. The van der Waals surface area contributed by atoms with E-state index in [-0.39, 0.29) is 17.6 Å². The van der Waals surface area contributed by atoms with Gasteiger partial charge in [-0.05, 0) is 47.5 Å². The molecule has 1 unspecified atom stereocenters. The highest BCUT2D eigenvalue weighted by Crippen LogP contribution is 2.28. The third-order valence-electron chi connectivity index (χ3n) is 6.53. The van der Waals surface area contributed by atoms with E-state index in [0.29, 0.717) is 28.0 Å². The minimum Gasteiger partial charge on any atom is -0.279 e. The summed E-state index contributed by atoms with van der Waals surface area (Å²) in [5, 5.41) is 0.564. The van der Waals surface area contributed by atoms with E-state index < -0.39 is 11.0 Å². The normalized spacial score (nSPS) is 12.1. The summed E-state index contributed by atoms with van der Waals surface area (Å²) in [6.07, 6.45) is 1.55.